The van der Waals surface area contributed by atoms with Gasteiger partial charge < -0.3 is 4.18 Å². The third kappa shape index (κ3) is 3.49. The highest BCUT2D eigenvalue weighted by atomic mass is 32.3. The van der Waals surface area contributed by atoms with Crippen molar-refractivity contribution in [2.24, 2.45) is 7.05 Å². The Balaban J connectivity index is 2.70. The molecule has 0 atom stereocenters. The fourth-order valence-electron chi connectivity index (χ4n) is 1.26. The van der Waals surface area contributed by atoms with Gasteiger partial charge in [-0.05, 0) is 25.0 Å². The molecule has 0 saturated heterocycles. The zero-order chi connectivity index (χ0) is 13.3. The smallest absolute Gasteiger partial charge is 0.101 e. The Hall–Kier alpha value is -0.480. The van der Waals surface area contributed by atoms with Crippen LogP contribution in [0.1, 0.15) is 39.1 Å². The second-order valence-electron chi connectivity index (χ2n) is 5.71. The molecule has 0 spiro atoms. The normalized spacial score (nSPS) is 14.1. The van der Waals surface area contributed by atoms with Gasteiger partial charge in [-0.25, -0.2) is 0 Å². The molecule has 0 aliphatic heterocycles. The summed E-state index contributed by atoms with van der Waals surface area (Å²) in [6, 6.07) is 2.14. The Labute approximate surface area is 107 Å². The Kier molecular flexibility index (Phi) is 4.31. The number of rotatable bonds is 4. The van der Waals surface area contributed by atoms with Crippen molar-refractivity contribution in [2.75, 3.05) is 12.5 Å². The van der Waals surface area contributed by atoms with Gasteiger partial charge in [0.25, 0.3) is 0 Å². The van der Waals surface area contributed by atoms with E-state index in [2.05, 4.69) is 51.4 Å². The SMILES string of the molecule is CCc1cc(COS(C)(C)C(C)(C)C)n(C)n1. The lowest BCUT2D eigenvalue weighted by Crippen LogP contribution is -2.25. The highest BCUT2D eigenvalue weighted by Crippen LogP contribution is 2.54. The Morgan fingerprint density at radius 1 is 1.35 bits per heavy atom. The van der Waals surface area contributed by atoms with E-state index in [0.717, 1.165) is 17.8 Å². The molecule has 3 nitrogen and oxygen atoms in total. The Bertz CT molecular complexity index is 377. The maximum Gasteiger partial charge on any atom is 0.101 e. The molecule has 0 saturated carbocycles. The quantitative estimate of drug-likeness (QED) is 0.828. The van der Waals surface area contributed by atoms with Gasteiger partial charge in [0.1, 0.15) is 6.61 Å². The molecule has 0 fully saturated rings. The highest BCUT2D eigenvalue weighted by Gasteiger charge is 2.29. The highest BCUT2D eigenvalue weighted by molar-refractivity contribution is 8.29. The summed E-state index contributed by atoms with van der Waals surface area (Å²) >= 11 is 0. The fourth-order valence-corrected chi connectivity index (χ4v) is 2.03. The molecule has 0 unspecified atom stereocenters. The molecule has 1 rings (SSSR count). The van der Waals surface area contributed by atoms with Crippen molar-refractivity contribution in [3.05, 3.63) is 17.5 Å². The first-order chi connectivity index (χ1) is 7.67. The second-order valence-corrected chi connectivity index (χ2v) is 9.64. The van der Waals surface area contributed by atoms with Crippen molar-refractivity contribution < 1.29 is 4.18 Å². The molecular formula is C13H26N2OS. The summed E-state index contributed by atoms with van der Waals surface area (Å²) in [7, 11) is 0.932. The summed E-state index contributed by atoms with van der Waals surface area (Å²) in [6.45, 7) is 9.50. The molecule has 1 heterocycles. The first-order valence-corrected chi connectivity index (χ1v) is 8.44. The first-order valence-electron chi connectivity index (χ1n) is 6.06. The maximum atomic E-state index is 6.14. The molecule has 0 aromatic carbocycles. The number of hydrogen-bond acceptors (Lipinski definition) is 2. The summed E-state index contributed by atoms with van der Waals surface area (Å²) in [5, 5.41) is 4.44. The molecule has 4 heteroatoms. The maximum absolute atomic E-state index is 6.14. The average Bonchev–Trinajstić information content (AvgIpc) is 2.55. The van der Waals surface area contributed by atoms with E-state index in [4.69, 9.17) is 4.18 Å². The zero-order valence-electron chi connectivity index (χ0n) is 12.2. The summed E-state index contributed by atoms with van der Waals surface area (Å²) in [4.78, 5) is 0. The van der Waals surface area contributed by atoms with Gasteiger partial charge in [-0.2, -0.15) is 5.10 Å². The average molecular weight is 258 g/mol. The van der Waals surface area contributed by atoms with Crippen LogP contribution < -0.4 is 0 Å². The van der Waals surface area contributed by atoms with Crippen LogP contribution in [-0.4, -0.2) is 27.0 Å². The van der Waals surface area contributed by atoms with Crippen LogP contribution in [0.3, 0.4) is 0 Å². The van der Waals surface area contributed by atoms with Crippen molar-refractivity contribution in [3.63, 3.8) is 0 Å². The van der Waals surface area contributed by atoms with E-state index < -0.39 is 10.3 Å². The molecule has 100 valence electrons. The largest absolute Gasteiger partial charge is 0.330 e. The van der Waals surface area contributed by atoms with Crippen LogP contribution in [0, 0.1) is 0 Å². The van der Waals surface area contributed by atoms with Gasteiger partial charge in [-0.15, -0.1) is 10.3 Å². The van der Waals surface area contributed by atoms with E-state index >= 15 is 0 Å². The van der Waals surface area contributed by atoms with Crippen LogP contribution in [0.15, 0.2) is 6.07 Å². The van der Waals surface area contributed by atoms with E-state index in [-0.39, 0.29) is 4.75 Å². The standard InChI is InChI=1S/C13H26N2OS/c1-8-11-9-12(15(5)14-11)10-16-17(6,7)13(2,3)4/h9H,8,10H2,1-7H3. The monoisotopic (exact) mass is 258 g/mol. The van der Waals surface area contributed by atoms with Crippen LogP contribution >= 0.6 is 10.3 Å². The van der Waals surface area contributed by atoms with Crippen molar-refractivity contribution in [2.45, 2.75) is 45.5 Å². The van der Waals surface area contributed by atoms with Gasteiger partial charge in [-0.1, -0.05) is 27.7 Å². The number of hydrogen-bond donors (Lipinski definition) is 0. The van der Waals surface area contributed by atoms with Gasteiger partial charge in [0.15, 0.2) is 0 Å². The summed E-state index contributed by atoms with van der Waals surface area (Å²) in [6.07, 6.45) is 5.43. The first kappa shape index (κ1) is 14.6. The van der Waals surface area contributed by atoms with Gasteiger partial charge in [0, 0.05) is 11.8 Å². The fraction of sp³-hybridized carbons (Fsp3) is 0.769. The Morgan fingerprint density at radius 3 is 2.35 bits per heavy atom. The van der Waals surface area contributed by atoms with Crippen molar-refractivity contribution in [3.8, 4) is 0 Å². The minimum atomic E-state index is -1.05. The third-order valence-corrected chi connectivity index (χ3v) is 7.02. The van der Waals surface area contributed by atoms with Crippen LogP contribution in [0.2, 0.25) is 0 Å². The summed E-state index contributed by atoms with van der Waals surface area (Å²) in [5.41, 5.74) is 2.29. The molecule has 0 amide bonds. The molecule has 17 heavy (non-hydrogen) atoms. The van der Waals surface area contributed by atoms with Gasteiger partial charge >= 0.3 is 0 Å². The molecule has 0 aliphatic carbocycles. The molecule has 0 bridgehead atoms. The van der Waals surface area contributed by atoms with E-state index in [9.17, 15) is 0 Å². The minimum Gasteiger partial charge on any atom is -0.330 e. The molecule has 0 N–H and O–H groups in total. The van der Waals surface area contributed by atoms with Crippen molar-refractivity contribution in [1.82, 2.24) is 9.78 Å². The number of aryl methyl sites for hydroxylation is 2. The molecule has 1 aromatic rings. The molecule has 0 aliphatic rings. The number of aromatic nitrogens is 2. The topological polar surface area (TPSA) is 27.1 Å². The van der Waals surface area contributed by atoms with Crippen molar-refractivity contribution >= 4 is 10.3 Å². The lowest BCUT2D eigenvalue weighted by molar-refractivity contribution is 0.326. The number of nitrogens with zero attached hydrogens (tertiary/aromatic N) is 2. The lowest BCUT2D eigenvalue weighted by Gasteiger charge is -2.43. The van der Waals surface area contributed by atoms with Crippen molar-refractivity contribution in [1.29, 1.82) is 0 Å². The molecular weight excluding hydrogens is 232 g/mol. The molecule has 0 radical (unpaired) electrons. The van der Waals surface area contributed by atoms with Crippen LogP contribution in [0.25, 0.3) is 0 Å². The summed E-state index contributed by atoms with van der Waals surface area (Å²) < 4.78 is 8.28. The van der Waals surface area contributed by atoms with Gasteiger partial charge in [0.05, 0.1) is 11.4 Å². The second kappa shape index (κ2) is 5.02. The third-order valence-electron chi connectivity index (χ3n) is 3.37. The minimum absolute atomic E-state index is 0.208. The Morgan fingerprint density at radius 2 is 1.94 bits per heavy atom. The predicted octanol–water partition coefficient (Wildman–Crippen LogP) is 3.28. The van der Waals surface area contributed by atoms with E-state index in [1.807, 2.05) is 11.7 Å². The van der Waals surface area contributed by atoms with E-state index in [1.54, 1.807) is 0 Å². The predicted molar refractivity (Wildman–Crippen MR) is 76.6 cm³/mol. The van der Waals surface area contributed by atoms with Crippen LogP contribution in [0.4, 0.5) is 0 Å². The van der Waals surface area contributed by atoms with Gasteiger partial charge in [-0.3, -0.25) is 4.68 Å². The van der Waals surface area contributed by atoms with Crippen LogP contribution in [0.5, 0.6) is 0 Å². The summed E-state index contributed by atoms with van der Waals surface area (Å²) in [5.74, 6) is 0. The van der Waals surface area contributed by atoms with Gasteiger partial charge in [0.2, 0.25) is 0 Å². The zero-order valence-corrected chi connectivity index (χ0v) is 13.0. The van der Waals surface area contributed by atoms with E-state index in [1.165, 1.54) is 0 Å². The molecule has 1 aromatic heterocycles. The van der Waals surface area contributed by atoms with E-state index in [0.29, 0.717) is 6.61 Å². The van der Waals surface area contributed by atoms with Crippen LogP contribution in [-0.2, 0) is 24.3 Å². The lowest BCUT2D eigenvalue weighted by atomic mass is 10.3.